The molecule has 0 atom stereocenters. The molecule has 1 aromatic rings. The van der Waals surface area contributed by atoms with Gasteiger partial charge in [-0.25, -0.2) is 8.42 Å². The summed E-state index contributed by atoms with van der Waals surface area (Å²) in [6.45, 7) is 0.197. The number of nitrogens with one attached hydrogen (secondary N) is 1. The van der Waals surface area contributed by atoms with Crippen molar-refractivity contribution in [2.45, 2.75) is 51.0 Å². The second-order valence-electron chi connectivity index (χ2n) is 6.89. The van der Waals surface area contributed by atoms with Gasteiger partial charge in [-0.15, -0.1) is 0 Å². The summed E-state index contributed by atoms with van der Waals surface area (Å²) in [5, 5.41) is 2.79. The number of ether oxygens (including phenoxy) is 2. The Kier molecular flexibility index (Phi) is 7.91. The van der Waals surface area contributed by atoms with Gasteiger partial charge in [-0.1, -0.05) is 25.7 Å². The van der Waals surface area contributed by atoms with Gasteiger partial charge in [-0.05, 0) is 25.0 Å². The number of sulfonamides is 1. The fourth-order valence-electron chi connectivity index (χ4n) is 3.51. The second kappa shape index (κ2) is 9.94. The third-order valence-corrected chi connectivity index (χ3v) is 6.22. The summed E-state index contributed by atoms with van der Waals surface area (Å²) in [6, 6.07) is 5.11. The molecule has 8 heteroatoms. The molecule has 0 heterocycles. The molecule has 0 spiro atoms. The predicted molar refractivity (Wildman–Crippen MR) is 106 cm³/mol. The Hall–Kier alpha value is -1.80. The standard InChI is InChI=1S/C19H30N2O5S/c1-25-17-11-10-15(14-18(17)26-2)20-19(22)12-13-21(27(3,23)24)16-8-6-4-5-7-9-16/h10-11,14,16H,4-9,12-13H2,1-3H3,(H,20,22). The smallest absolute Gasteiger partial charge is 0.225 e. The maximum Gasteiger partial charge on any atom is 0.225 e. The summed E-state index contributed by atoms with van der Waals surface area (Å²) in [5.41, 5.74) is 0.582. The number of methoxy groups -OCH3 is 2. The first-order valence-corrected chi connectivity index (χ1v) is 11.2. The van der Waals surface area contributed by atoms with Gasteiger partial charge in [0.05, 0.1) is 20.5 Å². The van der Waals surface area contributed by atoms with Crippen LogP contribution in [0.3, 0.4) is 0 Å². The monoisotopic (exact) mass is 398 g/mol. The van der Waals surface area contributed by atoms with E-state index in [2.05, 4.69) is 5.32 Å². The van der Waals surface area contributed by atoms with Crippen molar-refractivity contribution in [3.05, 3.63) is 18.2 Å². The summed E-state index contributed by atoms with van der Waals surface area (Å²) in [5.74, 6) is 0.864. The molecule has 7 nitrogen and oxygen atoms in total. The van der Waals surface area contributed by atoms with Gasteiger partial charge in [0, 0.05) is 30.8 Å². The number of carbonyl (C=O) groups excluding carboxylic acids is 1. The van der Waals surface area contributed by atoms with Crippen molar-refractivity contribution in [3.8, 4) is 11.5 Å². The number of carbonyl (C=O) groups is 1. The molecule has 0 aromatic heterocycles. The third kappa shape index (κ3) is 6.39. The highest BCUT2D eigenvalue weighted by atomic mass is 32.2. The molecule has 1 N–H and O–H groups in total. The number of anilines is 1. The van der Waals surface area contributed by atoms with Gasteiger partial charge in [0.25, 0.3) is 0 Å². The first-order chi connectivity index (χ1) is 12.8. The van der Waals surface area contributed by atoms with Crippen LogP contribution in [0.25, 0.3) is 0 Å². The van der Waals surface area contributed by atoms with E-state index >= 15 is 0 Å². The molecule has 0 bridgehead atoms. The Morgan fingerprint density at radius 1 is 1.11 bits per heavy atom. The summed E-state index contributed by atoms with van der Waals surface area (Å²) in [7, 11) is -0.279. The average molecular weight is 399 g/mol. The van der Waals surface area contributed by atoms with Crippen LogP contribution in [0.1, 0.15) is 44.9 Å². The highest BCUT2D eigenvalue weighted by Crippen LogP contribution is 2.30. The molecule has 1 fully saturated rings. The van der Waals surface area contributed by atoms with Crippen molar-refractivity contribution in [3.63, 3.8) is 0 Å². The van der Waals surface area contributed by atoms with Gasteiger partial charge >= 0.3 is 0 Å². The van der Waals surface area contributed by atoms with Gasteiger partial charge in [0.15, 0.2) is 11.5 Å². The molecule has 0 saturated heterocycles. The van der Waals surface area contributed by atoms with Gasteiger partial charge in [-0.3, -0.25) is 4.79 Å². The van der Waals surface area contributed by atoms with Crippen LogP contribution in [-0.2, 0) is 14.8 Å². The van der Waals surface area contributed by atoms with Gasteiger partial charge in [0.1, 0.15) is 0 Å². The van der Waals surface area contributed by atoms with E-state index in [1.54, 1.807) is 25.3 Å². The maximum atomic E-state index is 12.3. The largest absolute Gasteiger partial charge is 0.493 e. The van der Waals surface area contributed by atoms with Gasteiger partial charge in [-0.2, -0.15) is 4.31 Å². The van der Waals surface area contributed by atoms with Crippen molar-refractivity contribution < 1.29 is 22.7 Å². The number of amides is 1. The lowest BCUT2D eigenvalue weighted by atomic mass is 10.1. The van der Waals surface area contributed by atoms with Crippen LogP contribution in [0.15, 0.2) is 18.2 Å². The van der Waals surface area contributed by atoms with Crippen LogP contribution in [0.4, 0.5) is 5.69 Å². The Labute approximate surface area is 162 Å². The number of hydrogen-bond acceptors (Lipinski definition) is 5. The highest BCUT2D eigenvalue weighted by molar-refractivity contribution is 7.88. The molecule has 1 saturated carbocycles. The Morgan fingerprint density at radius 3 is 2.30 bits per heavy atom. The molecule has 1 aliphatic rings. The molecular formula is C19H30N2O5S. The van der Waals surface area contributed by atoms with Crippen LogP contribution in [0.5, 0.6) is 11.5 Å². The summed E-state index contributed by atoms with van der Waals surface area (Å²) in [4.78, 5) is 12.3. The maximum absolute atomic E-state index is 12.3. The molecule has 0 unspecified atom stereocenters. The molecule has 2 rings (SSSR count). The number of benzene rings is 1. The molecule has 0 aliphatic heterocycles. The van der Waals surface area contributed by atoms with E-state index in [-0.39, 0.29) is 24.9 Å². The number of nitrogens with zero attached hydrogens (tertiary/aromatic N) is 1. The van der Waals surface area contributed by atoms with E-state index in [0.717, 1.165) is 38.5 Å². The molecule has 0 radical (unpaired) electrons. The third-order valence-electron chi connectivity index (χ3n) is 4.88. The Bertz CT molecular complexity index is 728. The molecule has 1 amide bonds. The van der Waals surface area contributed by atoms with Crippen molar-refractivity contribution in [1.29, 1.82) is 0 Å². The van der Waals surface area contributed by atoms with Gasteiger partial charge in [0.2, 0.25) is 15.9 Å². The molecule has 1 aliphatic carbocycles. The average Bonchev–Trinajstić information content (AvgIpc) is 2.90. The minimum Gasteiger partial charge on any atom is -0.493 e. The summed E-state index contributed by atoms with van der Waals surface area (Å²) < 4.78 is 36.4. The van der Waals surface area contributed by atoms with Crippen molar-refractivity contribution >= 4 is 21.6 Å². The second-order valence-corrected chi connectivity index (χ2v) is 8.82. The van der Waals surface area contributed by atoms with Crippen molar-refractivity contribution in [2.24, 2.45) is 0 Å². The topological polar surface area (TPSA) is 84.9 Å². The van der Waals surface area contributed by atoms with E-state index in [0.29, 0.717) is 17.2 Å². The lowest BCUT2D eigenvalue weighted by Crippen LogP contribution is -2.41. The molecular weight excluding hydrogens is 368 g/mol. The van der Waals surface area contributed by atoms with Crippen molar-refractivity contribution in [2.75, 3.05) is 32.3 Å². The first-order valence-electron chi connectivity index (χ1n) is 9.34. The van der Waals surface area contributed by atoms with Crippen LogP contribution < -0.4 is 14.8 Å². The molecule has 1 aromatic carbocycles. The molecule has 27 heavy (non-hydrogen) atoms. The van der Waals surface area contributed by atoms with E-state index in [4.69, 9.17) is 9.47 Å². The zero-order valence-electron chi connectivity index (χ0n) is 16.4. The minimum atomic E-state index is -3.35. The first kappa shape index (κ1) is 21.5. The van der Waals surface area contributed by atoms with Gasteiger partial charge < -0.3 is 14.8 Å². The predicted octanol–water partition coefficient (Wildman–Crippen LogP) is 3.02. The summed E-state index contributed by atoms with van der Waals surface area (Å²) >= 11 is 0. The van der Waals surface area contributed by atoms with E-state index < -0.39 is 10.0 Å². The highest BCUT2D eigenvalue weighted by Gasteiger charge is 2.27. The number of rotatable bonds is 8. The SMILES string of the molecule is COc1ccc(NC(=O)CCN(C2CCCCCC2)S(C)(=O)=O)cc1OC. The lowest BCUT2D eigenvalue weighted by molar-refractivity contribution is -0.116. The fraction of sp³-hybridized carbons (Fsp3) is 0.632. The van der Waals surface area contributed by atoms with Crippen LogP contribution >= 0.6 is 0 Å². The van der Waals surface area contributed by atoms with E-state index in [1.807, 2.05) is 0 Å². The summed E-state index contributed by atoms with van der Waals surface area (Å²) in [6.07, 6.45) is 7.43. The Balaban J connectivity index is 1.99. The van der Waals surface area contributed by atoms with Crippen LogP contribution in [0, 0.1) is 0 Å². The quantitative estimate of drug-likeness (QED) is 0.681. The zero-order chi connectivity index (χ0) is 19.9. The van der Waals surface area contributed by atoms with E-state index in [9.17, 15) is 13.2 Å². The fourth-order valence-corrected chi connectivity index (χ4v) is 4.69. The minimum absolute atomic E-state index is 0.00335. The van der Waals surface area contributed by atoms with E-state index in [1.165, 1.54) is 17.7 Å². The Morgan fingerprint density at radius 2 is 1.74 bits per heavy atom. The van der Waals surface area contributed by atoms with Crippen LogP contribution in [-0.4, -0.2) is 51.7 Å². The lowest BCUT2D eigenvalue weighted by Gasteiger charge is -2.28. The number of hydrogen-bond donors (Lipinski definition) is 1. The zero-order valence-corrected chi connectivity index (χ0v) is 17.2. The van der Waals surface area contributed by atoms with Crippen molar-refractivity contribution in [1.82, 2.24) is 4.31 Å². The normalized spacial score (nSPS) is 16.0. The molecule has 152 valence electrons. The van der Waals surface area contributed by atoms with Crippen LogP contribution in [0.2, 0.25) is 0 Å².